The molecule has 0 spiro atoms. The van der Waals surface area contributed by atoms with Crippen LogP contribution in [0.15, 0.2) is 4.99 Å². The van der Waals surface area contributed by atoms with Gasteiger partial charge in [0.1, 0.15) is 0 Å². The van der Waals surface area contributed by atoms with E-state index in [9.17, 15) is 4.79 Å². The smallest absolute Gasteiger partial charge is 0.217 e. The Morgan fingerprint density at radius 1 is 1.80 bits per heavy atom. The summed E-state index contributed by atoms with van der Waals surface area (Å²) in [4.78, 5) is 14.4. The summed E-state index contributed by atoms with van der Waals surface area (Å²) in [5, 5.41) is 3.05. The zero-order valence-electron chi connectivity index (χ0n) is 5.76. The van der Waals surface area contributed by atoms with Gasteiger partial charge in [0, 0.05) is 19.4 Å². The molecule has 3 N–H and O–H groups in total. The molecule has 0 aromatic rings. The Balaban J connectivity index is 2.19. The lowest BCUT2D eigenvalue weighted by atomic mass is 10.3. The Bertz CT molecular complexity index is 164. The fourth-order valence-electron chi connectivity index (χ4n) is 0.856. The maximum absolute atomic E-state index is 10.3. The Morgan fingerprint density at radius 2 is 2.60 bits per heavy atom. The minimum Gasteiger partial charge on any atom is -0.372 e. The molecule has 0 aromatic heterocycles. The van der Waals surface area contributed by atoms with Crippen LogP contribution >= 0.6 is 0 Å². The molecule has 1 amide bonds. The number of amidine groups is 1. The van der Waals surface area contributed by atoms with Gasteiger partial charge < -0.3 is 11.1 Å². The van der Waals surface area contributed by atoms with E-state index in [1.165, 1.54) is 0 Å². The number of carbonyl (C=O) groups excluding carboxylic acids is 1. The Labute approximate surface area is 59.5 Å². The lowest BCUT2D eigenvalue weighted by Crippen LogP contribution is -2.21. The zero-order chi connectivity index (χ0) is 7.40. The molecule has 10 heavy (non-hydrogen) atoms. The highest BCUT2D eigenvalue weighted by Gasteiger charge is 2.05. The lowest BCUT2D eigenvalue weighted by molar-refractivity contribution is -0.117. The Morgan fingerprint density at radius 3 is 3.10 bits per heavy atom. The van der Waals surface area contributed by atoms with Crippen molar-refractivity contribution in [2.24, 2.45) is 10.7 Å². The van der Waals surface area contributed by atoms with Crippen LogP contribution in [-0.4, -0.2) is 24.8 Å². The third-order valence-corrected chi connectivity index (χ3v) is 1.35. The SMILES string of the molecule is NC(=O)CCC1=NCCN1. The van der Waals surface area contributed by atoms with E-state index in [4.69, 9.17) is 5.73 Å². The maximum Gasteiger partial charge on any atom is 0.217 e. The number of rotatable bonds is 3. The summed E-state index contributed by atoms with van der Waals surface area (Å²) in [7, 11) is 0. The average molecular weight is 141 g/mol. The molecule has 0 aromatic carbocycles. The van der Waals surface area contributed by atoms with Crippen LogP contribution in [-0.2, 0) is 4.79 Å². The molecule has 0 saturated heterocycles. The molecule has 1 rings (SSSR count). The standard InChI is InChI=1S/C6H11N3O/c7-5(10)1-2-6-8-3-4-9-6/h1-4H2,(H2,7,10)(H,8,9). The van der Waals surface area contributed by atoms with Crippen LogP contribution in [0, 0.1) is 0 Å². The summed E-state index contributed by atoms with van der Waals surface area (Å²) in [6.07, 6.45) is 1.06. The van der Waals surface area contributed by atoms with Gasteiger partial charge in [-0.25, -0.2) is 0 Å². The molecule has 1 heterocycles. The predicted octanol–water partition coefficient (Wildman–Crippen LogP) is -0.746. The first-order chi connectivity index (χ1) is 4.79. The molecule has 0 aliphatic carbocycles. The molecule has 0 radical (unpaired) electrons. The third kappa shape index (κ3) is 2.05. The average Bonchev–Trinajstić information content (AvgIpc) is 2.34. The van der Waals surface area contributed by atoms with Crippen molar-refractivity contribution in [3.05, 3.63) is 0 Å². The molecule has 1 aliphatic rings. The number of nitrogens with two attached hydrogens (primary N) is 1. The number of primary amides is 1. The number of hydrogen-bond donors (Lipinski definition) is 2. The van der Waals surface area contributed by atoms with Gasteiger partial charge in [-0.15, -0.1) is 0 Å². The molecule has 1 aliphatic heterocycles. The van der Waals surface area contributed by atoms with Crippen LogP contribution in [0.5, 0.6) is 0 Å². The molecule has 0 fully saturated rings. The highest BCUT2D eigenvalue weighted by molar-refractivity contribution is 5.87. The van der Waals surface area contributed by atoms with E-state index < -0.39 is 0 Å². The quantitative estimate of drug-likeness (QED) is 0.543. The largest absolute Gasteiger partial charge is 0.372 e. The number of hydrogen-bond acceptors (Lipinski definition) is 3. The maximum atomic E-state index is 10.3. The van der Waals surface area contributed by atoms with E-state index in [1.807, 2.05) is 0 Å². The molecule has 4 nitrogen and oxygen atoms in total. The highest BCUT2D eigenvalue weighted by Crippen LogP contribution is 1.94. The van der Waals surface area contributed by atoms with Crippen molar-refractivity contribution in [2.75, 3.05) is 13.1 Å². The monoisotopic (exact) mass is 141 g/mol. The second-order valence-corrected chi connectivity index (χ2v) is 2.22. The van der Waals surface area contributed by atoms with Gasteiger partial charge in [-0.05, 0) is 0 Å². The second-order valence-electron chi connectivity index (χ2n) is 2.22. The zero-order valence-corrected chi connectivity index (χ0v) is 5.76. The predicted molar refractivity (Wildman–Crippen MR) is 38.7 cm³/mol. The summed E-state index contributed by atoms with van der Waals surface area (Å²) in [6, 6.07) is 0. The molecular weight excluding hydrogens is 130 g/mol. The molecule has 0 atom stereocenters. The number of amides is 1. The minimum atomic E-state index is -0.267. The van der Waals surface area contributed by atoms with Crippen molar-refractivity contribution in [3.8, 4) is 0 Å². The first-order valence-corrected chi connectivity index (χ1v) is 3.34. The number of aliphatic imine (C=N–C) groups is 1. The number of nitrogens with one attached hydrogen (secondary N) is 1. The highest BCUT2D eigenvalue weighted by atomic mass is 16.1. The van der Waals surface area contributed by atoms with Gasteiger partial charge in [0.15, 0.2) is 0 Å². The van der Waals surface area contributed by atoms with Crippen molar-refractivity contribution in [3.63, 3.8) is 0 Å². The van der Waals surface area contributed by atoms with Crippen molar-refractivity contribution in [1.82, 2.24) is 5.32 Å². The third-order valence-electron chi connectivity index (χ3n) is 1.35. The van der Waals surface area contributed by atoms with Gasteiger partial charge in [-0.1, -0.05) is 0 Å². The van der Waals surface area contributed by atoms with Crippen molar-refractivity contribution < 1.29 is 4.79 Å². The van der Waals surface area contributed by atoms with Gasteiger partial charge in [-0.3, -0.25) is 9.79 Å². The van der Waals surface area contributed by atoms with E-state index in [1.54, 1.807) is 0 Å². The van der Waals surface area contributed by atoms with E-state index in [0.717, 1.165) is 18.9 Å². The van der Waals surface area contributed by atoms with E-state index >= 15 is 0 Å². The molecule has 0 saturated carbocycles. The molecule has 4 heteroatoms. The lowest BCUT2D eigenvalue weighted by Gasteiger charge is -1.97. The van der Waals surface area contributed by atoms with Crippen LogP contribution in [0.1, 0.15) is 12.8 Å². The Kier molecular flexibility index (Phi) is 2.25. The summed E-state index contributed by atoms with van der Waals surface area (Å²) in [6.45, 7) is 1.72. The van der Waals surface area contributed by atoms with Gasteiger partial charge in [0.25, 0.3) is 0 Å². The number of nitrogens with zero attached hydrogens (tertiary/aromatic N) is 1. The van der Waals surface area contributed by atoms with E-state index in [-0.39, 0.29) is 5.91 Å². The normalized spacial score (nSPS) is 16.2. The van der Waals surface area contributed by atoms with Gasteiger partial charge in [-0.2, -0.15) is 0 Å². The molecular formula is C6H11N3O. The van der Waals surface area contributed by atoms with Crippen molar-refractivity contribution in [1.29, 1.82) is 0 Å². The van der Waals surface area contributed by atoms with Crippen molar-refractivity contribution >= 4 is 11.7 Å². The minimum absolute atomic E-state index is 0.267. The summed E-state index contributed by atoms with van der Waals surface area (Å²) >= 11 is 0. The van der Waals surface area contributed by atoms with Crippen LogP contribution in [0.25, 0.3) is 0 Å². The van der Waals surface area contributed by atoms with E-state index in [0.29, 0.717) is 12.8 Å². The first-order valence-electron chi connectivity index (χ1n) is 3.34. The summed E-state index contributed by atoms with van der Waals surface area (Å²) in [5.74, 6) is 0.648. The molecule has 0 unspecified atom stereocenters. The van der Waals surface area contributed by atoms with Crippen LogP contribution in [0.2, 0.25) is 0 Å². The van der Waals surface area contributed by atoms with Gasteiger partial charge >= 0.3 is 0 Å². The fourth-order valence-corrected chi connectivity index (χ4v) is 0.856. The summed E-state index contributed by atoms with van der Waals surface area (Å²) < 4.78 is 0. The molecule has 0 bridgehead atoms. The van der Waals surface area contributed by atoms with Crippen molar-refractivity contribution in [2.45, 2.75) is 12.8 Å². The topological polar surface area (TPSA) is 67.5 Å². The molecule has 56 valence electrons. The van der Waals surface area contributed by atoms with Gasteiger partial charge in [0.2, 0.25) is 5.91 Å². The fraction of sp³-hybridized carbons (Fsp3) is 0.667. The van der Waals surface area contributed by atoms with E-state index in [2.05, 4.69) is 10.3 Å². The van der Waals surface area contributed by atoms with Gasteiger partial charge in [0.05, 0.1) is 12.4 Å². The number of carbonyl (C=O) groups is 1. The summed E-state index contributed by atoms with van der Waals surface area (Å²) in [5.41, 5.74) is 4.95. The van der Waals surface area contributed by atoms with Crippen LogP contribution < -0.4 is 11.1 Å². The Hall–Kier alpha value is -1.06. The van der Waals surface area contributed by atoms with Crippen LogP contribution in [0.4, 0.5) is 0 Å². The van der Waals surface area contributed by atoms with Crippen LogP contribution in [0.3, 0.4) is 0 Å². The first kappa shape index (κ1) is 7.05. The second kappa shape index (κ2) is 3.20.